The molecule has 26 heavy (non-hydrogen) atoms. The second-order valence-electron chi connectivity index (χ2n) is 7.94. The molecule has 0 spiro atoms. The van der Waals surface area contributed by atoms with E-state index >= 15 is 0 Å². The number of aromatic nitrogens is 1. The van der Waals surface area contributed by atoms with Gasteiger partial charge in [0, 0.05) is 18.9 Å². The van der Waals surface area contributed by atoms with Gasteiger partial charge in [-0.1, -0.05) is 45.0 Å². The largest absolute Gasteiger partial charge is 0.325 e. The van der Waals surface area contributed by atoms with Gasteiger partial charge in [0.05, 0.1) is 0 Å². The normalized spacial score (nSPS) is 20.4. The summed E-state index contributed by atoms with van der Waals surface area (Å²) in [7, 11) is 0. The van der Waals surface area contributed by atoms with E-state index in [4.69, 9.17) is 0 Å². The first-order valence-corrected chi connectivity index (χ1v) is 8.86. The van der Waals surface area contributed by atoms with Gasteiger partial charge in [-0.05, 0) is 47.6 Å². The van der Waals surface area contributed by atoms with Crippen molar-refractivity contribution in [3.63, 3.8) is 0 Å². The van der Waals surface area contributed by atoms with Gasteiger partial charge in [-0.15, -0.1) is 0 Å². The molecule has 5 heteroatoms. The molecule has 0 bridgehead atoms. The van der Waals surface area contributed by atoms with Crippen LogP contribution in [0.5, 0.6) is 0 Å². The first-order chi connectivity index (χ1) is 12.2. The quantitative estimate of drug-likeness (QED) is 0.859. The van der Waals surface area contributed by atoms with Crippen molar-refractivity contribution >= 4 is 11.9 Å². The van der Waals surface area contributed by atoms with E-state index in [0.29, 0.717) is 13.0 Å². The Morgan fingerprint density at radius 1 is 1.04 bits per heavy atom. The molecule has 1 aromatic heterocycles. The fourth-order valence-corrected chi connectivity index (χ4v) is 3.19. The third kappa shape index (κ3) is 3.34. The molecule has 3 amide bonds. The van der Waals surface area contributed by atoms with Gasteiger partial charge < -0.3 is 5.32 Å². The summed E-state index contributed by atoms with van der Waals surface area (Å²) in [5, 5.41) is 2.87. The summed E-state index contributed by atoms with van der Waals surface area (Å²) < 4.78 is 0. The minimum Gasteiger partial charge on any atom is -0.319 e. The fourth-order valence-electron chi connectivity index (χ4n) is 3.19. The maximum absolute atomic E-state index is 13.0. The maximum atomic E-state index is 13.0. The molecule has 1 N–H and O–H groups in total. The number of urea groups is 1. The van der Waals surface area contributed by atoms with Gasteiger partial charge in [0.2, 0.25) is 0 Å². The summed E-state index contributed by atoms with van der Waals surface area (Å²) in [6.07, 6.45) is 4.03. The Hall–Kier alpha value is -2.69. The molecular weight excluding hydrogens is 326 g/mol. The molecule has 2 heterocycles. The van der Waals surface area contributed by atoms with Crippen LogP contribution in [-0.2, 0) is 22.2 Å². The SMILES string of the molecule is CC(C)(C)c1ccc(C2(C)NC(=O)N(CCc3ccncc3)C2=O)cc1. The van der Waals surface area contributed by atoms with Crippen LogP contribution in [0.25, 0.3) is 0 Å². The van der Waals surface area contributed by atoms with Crippen molar-refractivity contribution in [1.29, 1.82) is 0 Å². The van der Waals surface area contributed by atoms with Gasteiger partial charge in [0.25, 0.3) is 5.91 Å². The van der Waals surface area contributed by atoms with Gasteiger partial charge >= 0.3 is 6.03 Å². The zero-order valence-electron chi connectivity index (χ0n) is 15.7. The van der Waals surface area contributed by atoms with E-state index in [1.54, 1.807) is 19.3 Å². The predicted octanol–water partition coefficient (Wildman–Crippen LogP) is 3.39. The minimum absolute atomic E-state index is 0.0406. The number of benzene rings is 1. The van der Waals surface area contributed by atoms with E-state index in [1.165, 1.54) is 10.5 Å². The second kappa shape index (κ2) is 6.56. The topological polar surface area (TPSA) is 62.3 Å². The standard InChI is InChI=1S/C21H25N3O2/c1-20(2,3)16-5-7-17(8-6-16)21(4)18(25)24(19(26)23-21)14-11-15-9-12-22-13-10-15/h5-10,12-13H,11,14H2,1-4H3,(H,23,26). The number of nitrogens with zero attached hydrogens (tertiary/aromatic N) is 2. The van der Waals surface area contributed by atoms with Crippen molar-refractivity contribution < 1.29 is 9.59 Å². The highest BCUT2D eigenvalue weighted by Gasteiger charge is 2.48. The smallest absolute Gasteiger partial charge is 0.319 e. The Morgan fingerprint density at radius 3 is 2.23 bits per heavy atom. The number of carbonyl (C=O) groups excluding carboxylic acids is 2. The fraction of sp³-hybridized carbons (Fsp3) is 0.381. The van der Waals surface area contributed by atoms with Crippen LogP contribution >= 0.6 is 0 Å². The predicted molar refractivity (Wildman–Crippen MR) is 101 cm³/mol. The first-order valence-electron chi connectivity index (χ1n) is 8.86. The lowest BCUT2D eigenvalue weighted by Crippen LogP contribution is -2.41. The van der Waals surface area contributed by atoms with Crippen LogP contribution in [0, 0.1) is 0 Å². The minimum atomic E-state index is -1.02. The highest BCUT2D eigenvalue weighted by Crippen LogP contribution is 2.31. The first kappa shape index (κ1) is 18.1. The molecule has 1 aliphatic rings. The molecule has 5 nitrogen and oxygen atoms in total. The summed E-state index contributed by atoms with van der Waals surface area (Å²) in [5.74, 6) is -0.208. The molecule has 0 saturated carbocycles. The van der Waals surface area contributed by atoms with Gasteiger partial charge in [0.15, 0.2) is 0 Å². The highest BCUT2D eigenvalue weighted by atomic mass is 16.2. The summed E-state index contributed by atoms with van der Waals surface area (Å²) in [4.78, 5) is 30.7. The van der Waals surface area contributed by atoms with Crippen molar-refractivity contribution in [2.45, 2.75) is 45.1 Å². The molecule has 3 rings (SSSR count). The molecule has 1 aliphatic heterocycles. The summed E-state index contributed by atoms with van der Waals surface area (Å²) in [5.41, 5.74) is 2.06. The third-order valence-electron chi connectivity index (χ3n) is 4.98. The summed E-state index contributed by atoms with van der Waals surface area (Å²) in [6, 6.07) is 11.4. The molecule has 0 aliphatic carbocycles. The third-order valence-corrected chi connectivity index (χ3v) is 4.98. The lowest BCUT2D eigenvalue weighted by Gasteiger charge is -2.24. The number of imide groups is 1. The number of hydrogen-bond donors (Lipinski definition) is 1. The van der Waals surface area contributed by atoms with E-state index in [2.05, 4.69) is 31.1 Å². The molecule has 2 aromatic rings. The molecule has 1 aromatic carbocycles. The molecule has 1 saturated heterocycles. The number of nitrogens with one attached hydrogen (secondary N) is 1. The number of amides is 3. The number of rotatable bonds is 4. The molecule has 0 radical (unpaired) electrons. The van der Waals surface area contributed by atoms with Gasteiger partial charge in [-0.3, -0.25) is 14.7 Å². The van der Waals surface area contributed by atoms with E-state index in [9.17, 15) is 9.59 Å². The average molecular weight is 351 g/mol. The van der Waals surface area contributed by atoms with E-state index in [0.717, 1.165) is 11.1 Å². The van der Waals surface area contributed by atoms with Gasteiger partial charge in [-0.2, -0.15) is 0 Å². The lowest BCUT2D eigenvalue weighted by atomic mass is 9.84. The van der Waals surface area contributed by atoms with Crippen LogP contribution in [0.15, 0.2) is 48.8 Å². The van der Waals surface area contributed by atoms with Crippen molar-refractivity contribution in [2.24, 2.45) is 0 Å². The zero-order valence-corrected chi connectivity index (χ0v) is 15.7. The lowest BCUT2D eigenvalue weighted by molar-refractivity contribution is -0.131. The van der Waals surface area contributed by atoms with Crippen LogP contribution in [0.4, 0.5) is 4.79 Å². The van der Waals surface area contributed by atoms with Crippen LogP contribution in [0.3, 0.4) is 0 Å². The van der Waals surface area contributed by atoms with E-state index < -0.39 is 5.54 Å². The molecule has 1 unspecified atom stereocenters. The number of carbonyl (C=O) groups is 2. The monoisotopic (exact) mass is 351 g/mol. The second-order valence-corrected chi connectivity index (χ2v) is 7.94. The Labute approximate surface area is 154 Å². The van der Waals surface area contributed by atoms with Crippen molar-refractivity contribution in [1.82, 2.24) is 15.2 Å². The maximum Gasteiger partial charge on any atom is 0.325 e. The highest BCUT2D eigenvalue weighted by molar-refractivity contribution is 6.07. The van der Waals surface area contributed by atoms with Gasteiger partial charge in [-0.25, -0.2) is 4.79 Å². The molecular formula is C21H25N3O2. The van der Waals surface area contributed by atoms with Crippen LogP contribution in [0.2, 0.25) is 0 Å². The average Bonchev–Trinajstić information content (AvgIpc) is 2.83. The molecule has 1 atom stereocenters. The Bertz CT molecular complexity index is 809. The number of pyridine rings is 1. The zero-order chi connectivity index (χ0) is 18.9. The van der Waals surface area contributed by atoms with Crippen LogP contribution in [-0.4, -0.2) is 28.4 Å². The Morgan fingerprint density at radius 2 is 1.65 bits per heavy atom. The van der Waals surface area contributed by atoms with Crippen LogP contribution < -0.4 is 5.32 Å². The summed E-state index contributed by atoms with van der Waals surface area (Å²) in [6.45, 7) is 8.56. The van der Waals surface area contributed by atoms with Crippen molar-refractivity contribution in [2.75, 3.05) is 6.54 Å². The van der Waals surface area contributed by atoms with Crippen molar-refractivity contribution in [3.8, 4) is 0 Å². The Kier molecular flexibility index (Phi) is 4.57. The van der Waals surface area contributed by atoms with E-state index in [-0.39, 0.29) is 17.4 Å². The van der Waals surface area contributed by atoms with Crippen molar-refractivity contribution in [3.05, 3.63) is 65.5 Å². The van der Waals surface area contributed by atoms with Crippen LogP contribution in [0.1, 0.15) is 44.4 Å². The number of hydrogen-bond acceptors (Lipinski definition) is 3. The molecule has 1 fully saturated rings. The molecule has 136 valence electrons. The summed E-state index contributed by atoms with van der Waals surface area (Å²) >= 11 is 0. The van der Waals surface area contributed by atoms with Gasteiger partial charge in [0.1, 0.15) is 5.54 Å². The van der Waals surface area contributed by atoms with E-state index in [1.807, 2.05) is 36.4 Å². The Balaban J connectivity index is 1.78.